The van der Waals surface area contributed by atoms with Gasteiger partial charge in [-0.05, 0) is 29.3 Å². The largest absolute Gasteiger partial charge is 0.493 e. The number of likely N-dealkylation sites (N-methyl/N-ethyl adjacent to an activating group) is 1. The summed E-state index contributed by atoms with van der Waals surface area (Å²) in [5.41, 5.74) is 2.09. The number of carbonyl (C=O) groups excluding carboxylic acids is 1. The zero-order chi connectivity index (χ0) is 15.4. The lowest BCUT2D eigenvalue weighted by Gasteiger charge is -2.17. The third kappa shape index (κ3) is 3.84. The molecule has 1 aliphatic heterocycles. The summed E-state index contributed by atoms with van der Waals surface area (Å²) in [6, 6.07) is 5.81. The van der Waals surface area contributed by atoms with Crippen LogP contribution in [0, 0.1) is 5.92 Å². The van der Waals surface area contributed by atoms with Gasteiger partial charge in [0.25, 0.3) is 0 Å². The van der Waals surface area contributed by atoms with E-state index in [2.05, 4.69) is 0 Å². The van der Waals surface area contributed by atoms with E-state index in [9.17, 15) is 9.59 Å². The number of hydrogen-bond donors (Lipinski definition) is 1. The Balaban J connectivity index is 1.97. The minimum atomic E-state index is -0.905. The van der Waals surface area contributed by atoms with E-state index in [1.54, 1.807) is 20.0 Å². The van der Waals surface area contributed by atoms with Crippen molar-refractivity contribution in [3.05, 3.63) is 35.4 Å². The van der Waals surface area contributed by atoms with Gasteiger partial charge >= 0.3 is 5.97 Å². The molecule has 112 valence electrons. The molecule has 5 nitrogen and oxygen atoms in total. The zero-order valence-electron chi connectivity index (χ0n) is 12.2. The van der Waals surface area contributed by atoms with Crippen molar-refractivity contribution >= 4 is 18.0 Å². The third-order valence-corrected chi connectivity index (χ3v) is 3.48. The fraction of sp³-hybridized carbons (Fsp3) is 0.375. The number of benzene rings is 1. The van der Waals surface area contributed by atoms with Gasteiger partial charge in [0.05, 0.1) is 12.5 Å². The Kier molecular flexibility index (Phi) is 4.62. The van der Waals surface area contributed by atoms with Crippen molar-refractivity contribution in [2.75, 3.05) is 20.2 Å². The Labute approximate surface area is 123 Å². The van der Waals surface area contributed by atoms with Crippen LogP contribution in [0.15, 0.2) is 24.3 Å². The summed E-state index contributed by atoms with van der Waals surface area (Å²) in [5.74, 6) is -0.785. The van der Waals surface area contributed by atoms with Crippen molar-refractivity contribution < 1.29 is 19.4 Å². The van der Waals surface area contributed by atoms with Gasteiger partial charge in [0, 0.05) is 26.1 Å². The topological polar surface area (TPSA) is 66.8 Å². The van der Waals surface area contributed by atoms with Gasteiger partial charge in [0.1, 0.15) is 5.75 Å². The molecule has 0 saturated heterocycles. The molecule has 0 aromatic heterocycles. The van der Waals surface area contributed by atoms with Crippen LogP contribution in [0.1, 0.15) is 18.1 Å². The maximum Gasteiger partial charge on any atom is 0.308 e. The minimum Gasteiger partial charge on any atom is -0.493 e. The highest BCUT2D eigenvalue weighted by molar-refractivity contribution is 5.91. The lowest BCUT2D eigenvalue weighted by Crippen LogP contribution is -2.32. The van der Waals surface area contributed by atoms with Crippen LogP contribution in [-0.2, 0) is 16.0 Å². The Morgan fingerprint density at radius 1 is 1.48 bits per heavy atom. The number of carboxylic acids is 1. The van der Waals surface area contributed by atoms with Crippen LogP contribution in [-0.4, -0.2) is 42.1 Å². The van der Waals surface area contributed by atoms with Crippen LogP contribution >= 0.6 is 0 Å². The highest BCUT2D eigenvalue weighted by Crippen LogP contribution is 2.26. The van der Waals surface area contributed by atoms with Crippen molar-refractivity contribution in [3.63, 3.8) is 0 Å². The summed E-state index contributed by atoms with van der Waals surface area (Å²) in [4.78, 5) is 24.1. The predicted molar refractivity (Wildman–Crippen MR) is 79.1 cm³/mol. The molecule has 0 aliphatic carbocycles. The van der Waals surface area contributed by atoms with E-state index >= 15 is 0 Å². The summed E-state index contributed by atoms with van der Waals surface area (Å²) < 4.78 is 5.43. The first-order valence-electron chi connectivity index (χ1n) is 6.89. The molecule has 1 amide bonds. The number of rotatable bonds is 5. The van der Waals surface area contributed by atoms with Crippen LogP contribution in [0.5, 0.6) is 5.75 Å². The van der Waals surface area contributed by atoms with Gasteiger partial charge < -0.3 is 14.7 Å². The minimum absolute atomic E-state index is 0.191. The van der Waals surface area contributed by atoms with E-state index in [4.69, 9.17) is 9.84 Å². The SMILES string of the molecule is C[C@H](CN(C)C(=O)/C=C/c1ccc2c(c1)CCO2)C(=O)O. The summed E-state index contributed by atoms with van der Waals surface area (Å²) in [5, 5.41) is 8.84. The number of hydrogen-bond acceptors (Lipinski definition) is 3. The third-order valence-electron chi connectivity index (χ3n) is 3.48. The number of nitrogens with zero attached hydrogens (tertiary/aromatic N) is 1. The van der Waals surface area contributed by atoms with E-state index < -0.39 is 11.9 Å². The summed E-state index contributed by atoms with van der Waals surface area (Å²) in [6.07, 6.45) is 4.09. The quantitative estimate of drug-likeness (QED) is 0.840. The van der Waals surface area contributed by atoms with Crippen molar-refractivity contribution in [1.29, 1.82) is 0 Å². The van der Waals surface area contributed by atoms with E-state index in [0.29, 0.717) is 6.61 Å². The number of fused-ring (bicyclic) bond motifs is 1. The molecule has 1 aromatic rings. The second kappa shape index (κ2) is 6.43. The molecule has 0 saturated carbocycles. The van der Waals surface area contributed by atoms with Crippen molar-refractivity contribution in [1.82, 2.24) is 4.90 Å². The van der Waals surface area contributed by atoms with E-state index in [1.165, 1.54) is 11.0 Å². The molecule has 1 aliphatic rings. The van der Waals surface area contributed by atoms with Crippen LogP contribution < -0.4 is 4.74 Å². The lowest BCUT2D eigenvalue weighted by molar-refractivity contribution is -0.142. The van der Waals surface area contributed by atoms with E-state index in [1.807, 2.05) is 18.2 Å². The fourth-order valence-electron chi connectivity index (χ4n) is 2.18. The van der Waals surface area contributed by atoms with Crippen molar-refractivity contribution in [3.8, 4) is 5.75 Å². The number of aliphatic carboxylic acids is 1. The Morgan fingerprint density at radius 3 is 2.95 bits per heavy atom. The molecule has 1 N–H and O–H groups in total. The first-order valence-corrected chi connectivity index (χ1v) is 6.89. The normalized spacial score (nSPS) is 14.6. The van der Waals surface area contributed by atoms with E-state index in [-0.39, 0.29) is 12.5 Å². The highest BCUT2D eigenvalue weighted by atomic mass is 16.5. The van der Waals surface area contributed by atoms with Gasteiger partial charge in [-0.2, -0.15) is 0 Å². The van der Waals surface area contributed by atoms with Crippen LogP contribution in [0.2, 0.25) is 0 Å². The van der Waals surface area contributed by atoms with Gasteiger partial charge in [-0.3, -0.25) is 9.59 Å². The number of carboxylic acid groups (broad SMARTS) is 1. The van der Waals surface area contributed by atoms with Gasteiger partial charge in [-0.15, -0.1) is 0 Å². The zero-order valence-corrected chi connectivity index (χ0v) is 12.2. The molecular formula is C16H19NO4. The van der Waals surface area contributed by atoms with Gasteiger partial charge in [0.15, 0.2) is 0 Å². The van der Waals surface area contributed by atoms with Gasteiger partial charge in [-0.25, -0.2) is 0 Å². The summed E-state index contributed by atoms with van der Waals surface area (Å²) in [6.45, 7) is 2.48. The standard InChI is InChI=1S/C16H19NO4/c1-11(16(19)20)10-17(2)15(18)6-4-12-3-5-14-13(9-12)7-8-21-14/h3-6,9,11H,7-8,10H2,1-2H3,(H,19,20)/b6-4+/t11-/m1/s1. The number of carbonyl (C=O) groups is 2. The Bertz CT molecular complexity index is 580. The average Bonchev–Trinajstić information content (AvgIpc) is 2.91. The number of amides is 1. The van der Waals surface area contributed by atoms with Crippen LogP contribution in [0.3, 0.4) is 0 Å². The maximum absolute atomic E-state index is 11.9. The van der Waals surface area contributed by atoms with Gasteiger partial charge in [-0.1, -0.05) is 13.0 Å². The van der Waals surface area contributed by atoms with E-state index in [0.717, 1.165) is 23.3 Å². The Morgan fingerprint density at radius 2 is 2.24 bits per heavy atom. The van der Waals surface area contributed by atoms with Crippen molar-refractivity contribution in [2.45, 2.75) is 13.3 Å². The molecule has 1 atom stereocenters. The monoisotopic (exact) mass is 289 g/mol. The molecule has 2 rings (SSSR count). The van der Waals surface area contributed by atoms with Crippen molar-refractivity contribution in [2.24, 2.45) is 5.92 Å². The molecule has 5 heteroatoms. The molecule has 1 aromatic carbocycles. The molecule has 21 heavy (non-hydrogen) atoms. The fourth-order valence-corrected chi connectivity index (χ4v) is 2.18. The predicted octanol–water partition coefficient (Wildman–Crippen LogP) is 1.81. The maximum atomic E-state index is 11.9. The lowest BCUT2D eigenvalue weighted by atomic mass is 10.1. The molecule has 0 radical (unpaired) electrons. The second-order valence-electron chi connectivity index (χ2n) is 5.26. The first-order chi connectivity index (χ1) is 9.97. The molecule has 0 fully saturated rings. The number of ether oxygens (including phenoxy) is 1. The highest BCUT2D eigenvalue weighted by Gasteiger charge is 2.16. The average molecular weight is 289 g/mol. The smallest absolute Gasteiger partial charge is 0.308 e. The first kappa shape index (κ1) is 15.1. The molecule has 0 unspecified atom stereocenters. The summed E-state index contributed by atoms with van der Waals surface area (Å²) in [7, 11) is 1.60. The molecule has 0 bridgehead atoms. The molecular weight excluding hydrogens is 270 g/mol. The molecule has 1 heterocycles. The Hall–Kier alpha value is -2.30. The second-order valence-corrected chi connectivity index (χ2v) is 5.26. The van der Waals surface area contributed by atoms with Crippen LogP contribution in [0.25, 0.3) is 6.08 Å². The van der Waals surface area contributed by atoms with Gasteiger partial charge in [0.2, 0.25) is 5.91 Å². The van der Waals surface area contributed by atoms with Crippen LogP contribution in [0.4, 0.5) is 0 Å². The molecule has 0 spiro atoms. The summed E-state index contributed by atoms with van der Waals surface area (Å²) >= 11 is 0.